The Hall–Kier alpha value is -2.84. The number of piperidine rings is 1. The summed E-state index contributed by atoms with van der Waals surface area (Å²) in [5.41, 5.74) is 4.63. The second kappa shape index (κ2) is 12.8. The van der Waals surface area contributed by atoms with Crippen LogP contribution in [0.3, 0.4) is 0 Å². The highest BCUT2D eigenvalue weighted by molar-refractivity contribution is 7.97. The van der Waals surface area contributed by atoms with Crippen LogP contribution in [0, 0.1) is 30.1 Å². The second-order valence-corrected chi connectivity index (χ2v) is 14.0. The lowest BCUT2D eigenvalue weighted by atomic mass is 9.91. The van der Waals surface area contributed by atoms with Crippen molar-refractivity contribution in [2.24, 2.45) is 11.8 Å². The van der Waals surface area contributed by atoms with Gasteiger partial charge in [0.15, 0.2) is 0 Å². The molecule has 0 radical (unpaired) electrons. The molecule has 2 aliphatic rings. The maximum atomic E-state index is 9.98. The highest BCUT2D eigenvalue weighted by Gasteiger charge is 2.24. The number of nitriles is 1. The maximum Gasteiger partial charge on any atom is 0.225 e. The third kappa shape index (κ3) is 5.98. The van der Waals surface area contributed by atoms with E-state index >= 15 is 0 Å². The number of hydrogen-bond donors (Lipinski definition) is 3. The third-order valence-corrected chi connectivity index (χ3v) is 11.2. The largest absolute Gasteiger partial charge is 0.367 e. The lowest BCUT2D eigenvalue weighted by Crippen LogP contribution is -2.39. The van der Waals surface area contributed by atoms with Gasteiger partial charge < -0.3 is 15.2 Å². The summed E-state index contributed by atoms with van der Waals surface area (Å²) >= 11 is 3.59. The Kier molecular flexibility index (Phi) is 8.91. The quantitative estimate of drug-likeness (QED) is 0.190. The molecule has 2 unspecified atom stereocenters. The lowest BCUT2D eigenvalue weighted by molar-refractivity contribution is 0.211. The van der Waals surface area contributed by atoms with Crippen molar-refractivity contribution in [3.63, 3.8) is 0 Å². The first-order valence-corrected chi connectivity index (χ1v) is 17.1. The van der Waals surface area contributed by atoms with E-state index in [0.717, 1.165) is 73.7 Å². The highest BCUT2D eigenvalue weighted by Crippen LogP contribution is 2.33. The molecule has 222 valence electrons. The molecule has 2 saturated heterocycles. The molecule has 1 aromatic carbocycles. The minimum Gasteiger partial charge on any atom is -0.367 e. The normalized spacial score (nSPS) is 19.3. The van der Waals surface area contributed by atoms with Crippen LogP contribution in [0.15, 0.2) is 24.3 Å². The van der Waals surface area contributed by atoms with Crippen molar-refractivity contribution < 1.29 is 0 Å². The molecule has 8 nitrogen and oxygen atoms in total. The first-order chi connectivity index (χ1) is 20.5. The molecule has 0 spiro atoms. The molecule has 10 heteroatoms. The molecule has 2 fully saturated rings. The lowest BCUT2D eigenvalue weighted by Gasteiger charge is -2.33. The van der Waals surface area contributed by atoms with Gasteiger partial charge in [-0.25, -0.2) is 4.98 Å². The first kappa shape index (κ1) is 29.2. The molecule has 2 atom stereocenters. The monoisotopic (exact) mass is 602 g/mol. The number of aromatic nitrogens is 3. The van der Waals surface area contributed by atoms with Crippen LogP contribution in [-0.4, -0.2) is 57.9 Å². The van der Waals surface area contributed by atoms with Crippen LogP contribution in [0.4, 0.5) is 11.8 Å². The van der Waals surface area contributed by atoms with E-state index in [2.05, 4.69) is 80.9 Å². The van der Waals surface area contributed by atoms with Crippen molar-refractivity contribution in [2.75, 3.05) is 43.1 Å². The molecule has 0 amide bonds. The second-order valence-electron chi connectivity index (χ2n) is 11.9. The third-order valence-electron chi connectivity index (χ3n) is 9.23. The van der Waals surface area contributed by atoms with Crippen LogP contribution < -0.4 is 15.4 Å². The fourth-order valence-corrected chi connectivity index (χ4v) is 8.36. The Bertz CT molecular complexity index is 1590. The molecule has 42 heavy (non-hydrogen) atoms. The predicted octanol–water partition coefficient (Wildman–Crippen LogP) is 6.40. The fraction of sp³-hybridized carbons (Fsp3) is 0.531. The molecule has 0 aliphatic carbocycles. The van der Waals surface area contributed by atoms with E-state index in [1.165, 1.54) is 39.1 Å². The smallest absolute Gasteiger partial charge is 0.225 e. The number of thiophene rings is 1. The molecule has 5 heterocycles. The zero-order chi connectivity index (χ0) is 29.2. The zero-order valence-electron chi connectivity index (χ0n) is 25.2. The minimum absolute atomic E-state index is 0.393. The van der Waals surface area contributed by atoms with Gasteiger partial charge in [-0.1, -0.05) is 31.9 Å². The van der Waals surface area contributed by atoms with Crippen molar-refractivity contribution in [1.82, 2.24) is 24.2 Å². The Morgan fingerprint density at radius 2 is 2.00 bits per heavy atom. The summed E-state index contributed by atoms with van der Waals surface area (Å²) in [4.78, 5) is 14.4. The number of hydrogen-bond acceptors (Lipinski definition) is 9. The van der Waals surface area contributed by atoms with Gasteiger partial charge in [-0.15, -0.1) is 11.3 Å². The molecule has 0 bridgehead atoms. The molecule has 4 aromatic rings. The van der Waals surface area contributed by atoms with E-state index in [4.69, 9.17) is 4.98 Å². The van der Waals surface area contributed by atoms with Crippen molar-refractivity contribution in [3.05, 3.63) is 46.0 Å². The number of anilines is 2. The summed E-state index contributed by atoms with van der Waals surface area (Å²) in [6, 6.07) is 11.8. The number of likely N-dealkylation sites (tertiary alicyclic amines) is 1. The summed E-state index contributed by atoms with van der Waals surface area (Å²) in [5.74, 6) is 3.96. The SMILES string of the molecule is CCc1cc2c(NC3CCN(Cc4ccc5c(cc(C#N)n5CC(C)C5CCSNC5)c4C)CC3)nc(NC)nc2s1. The zero-order valence-corrected chi connectivity index (χ0v) is 26.8. The standard InChI is InChI=1S/C32H42N8S2/c1-5-26-15-28-30(37-32(34-4)38-31(28)42-26)36-24-8-11-39(12-9-24)19-23-6-7-29-27(21(23)3)14-25(16-33)40(29)18-20(2)22-10-13-41-35-17-22/h6-7,14-15,20,22,24,35H,5,8-13,17-19H2,1-4H3,(H2,34,36,37,38). The Labute approximate surface area is 257 Å². The van der Waals surface area contributed by atoms with Crippen molar-refractivity contribution in [3.8, 4) is 6.07 Å². The molecule has 6 rings (SSSR count). The van der Waals surface area contributed by atoms with Crippen molar-refractivity contribution in [1.29, 1.82) is 5.26 Å². The van der Waals surface area contributed by atoms with Gasteiger partial charge in [0.05, 0.1) is 5.39 Å². The fourth-order valence-electron chi connectivity index (χ4n) is 6.49. The summed E-state index contributed by atoms with van der Waals surface area (Å²) in [6.45, 7) is 11.7. The van der Waals surface area contributed by atoms with Gasteiger partial charge >= 0.3 is 0 Å². The van der Waals surface area contributed by atoms with Crippen LogP contribution in [0.1, 0.15) is 54.8 Å². The first-order valence-electron chi connectivity index (χ1n) is 15.3. The minimum atomic E-state index is 0.393. The van der Waals surface area contributed by atoms with E-state index in [-0.39, 0.29) is 0 Å². The van der Waals surface area contributed by atoms with Gasteiger partial charge in [-0.3, -0.25) is 9.62 Å². The number of benzene rings is 1. The van der Waals surface area contributed by atoms with Gasteiger partial charge in [-0.05, 0) is 73.8 Å². The van der Waals surface area contributed by atoms with Gasteiger partial charge in [0.1, 0.15) is 22.4 Å². The topological polar surface area (TPSA) is 93.8 Å². The molecule has 2 aliphatic heterocycles. The molecule has 3 aromatic heterocycles. The van der Waals surface area contributed by atoms with Crippen LogP contribution in [0.5, 0.6) is 0 Å². The summed E-state index contributed by atoms with van der Waals surface area (Å²) in [7, 11) is 1.88. The van der Waals surface area contributed by atoms with Gasteiger partial charge in [-0.2, -0.15) is 10.2 Å². The Morgan fingerprint density at radius 1 is 1.17 bits per heavy atom. The highest BCUT2D eigenvalue weighted by atomic mass is 32.2. The number of fused-ring (bicyclic) bond motifs is 2. The Morgan fingerprint density at radius 3 is 2.71 bits per heavy atom. The average molecular weight is 603 g/mol. The van der Waals surface area contributed by atoms with E-state index in [1.54, 1.807) is 11.3 Å². The van der Waals surface area contributed by atoms with Gasteiger partial charge in [0.2, 0.25) is 5.95 Å². The van der Waals surface area contributed by atoms with Crippen molar-refractivity contribution in [2.45, 2.75) is 65.6 Å². The van der Waals surface area contributed by atoms with E-state index < -0.39 is 0 Å². The Balaban J connectivity index is 1.12. The maximum absolute atomic E-state index is 9.98. The number of aryl methyl sites for hydroxylation is 2. The van der Waals surface area contributed by atoms with Crippen LogP contribution in [-0.2, 0) is 19.5 Å². The number of nitrogens with zero attached hydrogens (tertiary/aromatic N) is 5. The number of nitrogens with one attached hydrogen (secondary N) is 3. The van der Waals surface area contributed by atoms with E-state index in [9.17, 15) is 5.26 Å². The summed E-state index contributed by atoms with van der Waals surface area (Å²) < 4.78 is 5.73. The average Bonchev–Trinajstić information content (AvgIpc) is 3.61. The van der Waals surface area contributed by atoms with Gasteiger partial charge in [0, 0.05) is 67.3 Å². The number of rotatable bonds is 9. The van der Waals surface area contributed by atoms with Gasteiger partial charge in [0.25, 0.3) is 0 Å². The van der Waals surface area contributed by atoms with E-state index in [0.29, 0.717) is 23.8 Å². The van der Waals surface area contributed by atoms with Crippen LogP contribution >= 0.6 is 23.3 Å². The summed E-state index contributed by atoms with van der Waals surface area (Å²) in [6.07, 6.45) is 4.41. The van der Waals surface area contributed by atoms with Crippen molar-refractivity contribution >= 4 is 56.2 Å². The predicted molar refractivity (Wildman–Crippen MR) is 177 cm³/mol. The molecule has 3 N–H and O–H groups in total. The molecular weight excluding hydrogens is 561 g/mol. The van der Waals surface area contributed by atoms with E-state index in [1.807, 2.05) is 19.0 Å². The molecular formula is C32H42N8S2. The summed E-state index contributed by atoms with van der Waals surface area (Å²) in [5, 5.41) is 19.2. The molecule has 0 saturated carbocycles. The van der Waals surface area contributed by atoms with Crippen LogP contribution in [0.25, 0.3) is 21.1 Å². The van der Waals surface area contributed by atoms with Crippen LogP contribution in [0.2, 0.25) is 0 Å².